The summed E-state index contributed by atoms with van der Waals surface area (Å²) in [5, 5.41) is 4.14. The van der Waals surface area contributed by atoms with E-state index < -0.39 is 0 Å². The van der Waals surface area contributed by atoms with Crippen molar-refractivity contribution in [3.8, 4) is 5.82 Å². The van der Waals surface area contributed by atoms with Crippen molar-refractivity contribution in [2.75, 3.05) is 49.1 Å². The number of piperidine rings is 1. The van der Waals surface area contributed by atoms with Gasteiger partial charge in [0.05, 0.1) is 5.92 Å². The van der Waals surface area contributed by atoms with E-state index in [9.17, 15) is 4.79 Å². The van der Waals surface area contributed by atoms with E-state index in [4.69, 9.17) is 0 Å². The first-order valence-electron chi connectivity index (χ1n) is 10.8. The average Bonchev–Trinajstić information content (AvgIpc) is 3.40. The number of hydrogen-bond acceptors (Lipinski definition) is 7. The molecule has 0 aliphatic carbocycles. The lowest BCUT2D eigenvalue weighted by atomic mass is 9.96. The van der Waals surface area contributed by atoms with Crippen LogP contribution in [0.5, 0.6) is 0 Å². The van der Waals surface area contributed by atoms with Gasteiger partial charge in [-0.25, -0.2) is 19.6 Å². The van der Waals surface area contributed by atoms with Gasteiger partial charge in [-0.15, -0.1) is 0 Å². The van der Waals surface area contributed by atoms with Crippen molar-refractivity contribution >= 4 is 17.4 Å². The molecule has 2 aliphatic rings. The summed E-state index contributed by atoms with van der Waals surface area (Å²) in [6, 6.07) is 12.3. The van der Waals surface area contributed by atoms with Crippen molar-refractivity contribution in [3.63, 3.8) is 0 Å². The van der Waals surface area contributed by atoms with Gasteiger partial charge in [-0.3, -0.25) is 4.79 Å². The number of aromatic nitrogens is 5. The van der Waals surface area contributed by atoms with E-state index in [2.05, 4.69) is 54.1 Å². The number of carbonyl (C=O) groups excluding carboxylic acids is 1. The summed E-state index contributed by atoms with van der Waals surface area (Å²) in [4.78, 5) is 32.5. The minimum absolute atomic E-state index is 0.00168. The van der Waals surface area contributed by atoms with Gasteiger partial charge >= 0.3 is 0 Å². The van der Waals surface area contributed by atoms with Crippen LogP contribution in [-0.2, 0) is 4.79 Å². The molecule has 1 unspecified atom stereocenters. The first-order chi connectivity index (χ1) is 15.3. The molecule has 2 fully saturated rings. The van der Waals surface area contributed by atoms with Crippen molar-refractivity contribution in [2.24, 2.45) is 5.92 Å². The maximum atomic E-state index is 13.3. The van der Waals surface area contributed by atoms with Crippen LogP contribution >= 0.6 is 0 Å². The van der Waals surface area contributed by atoms with Crippen LogP contribution in [0.1, 0.15) is 12.8 Å². The maximum absolute atomic E-state index is 13.3. The molecule has 1 aromatic carbocycles. The van der Waals surface area contributed by atoms with Crippen molar-refractivity contribution < 1.29 is 4.79 Å². The summed E-state index contributed by atoms with van der Waals surface area (Å²) < 4.78 is 1.62. The van der Waals surface area contributed by atoms with E-state index in [0.717, 1.165) is 51.4 Å². The third-order valence-corrected chi connectivity index (χ3v) is 6.10. The molecule has 3 aromatic rings. The largest absolute Gasteiger partial charge is 0.368 e. The fraction of sp³-hybridized carbons (Fsp3) is 0.409. The SMILES string of the molecule is O=C(C1CCCN(c2cc(-n3cncn3)ncn2)C1)N1CCN(c2ccccc2)CC1. The summed E-state index contributed by atoms with van der Waals surface area (Å²) in [6.07, 6.45) is 6.54. The van der Waals surface area contributed by atoms with Gasteiger partial charge in [0, 0.05) is 51.0 Å². The molecular formula is C22H26N8O. The monoisotopic (exact) mass is 418 g/mol. The number of anilines is 2. The quantitative estimate of drug-likeness (QED) is 0.637. The average molecular weight is 419 g/mol. The first-order valence-corrected chi connectivity index (χ1v) is 10.8. The molecule has 160 valence electrons. The molecule has 9 heteroatoms. The molecule has 4 heterocycles. The molecule has 9 nitrogen and oxygen atoms in total. The highest BCUT2D eigenvalue weighted by Gasteiger charge is 2.31. The molecule has 0 saturated carbocycles. The number of nitrogens with zero attached hydrogens (tertiary/aromatic N) is 8. The minimum Gasteiger partial charge on any atom is -0.368 e. The van der Waals surface area contributed by atoms with Gasteiger partial charge in [-0.1, -0.05) is 18.2 Å². The van der Waals surface area contributed by atoms with Gasteiger partial charge in [0.1, 0.15) is 24.8 Å². The van der Waals surface area contributed by atoms with Crippen LogP contribution in [0.2, 0.25) is 0 Å². The van der Waals surface area contributed by atoms with Crippen LogP contribution in [0, 0.1) is 5.92 Å². The number of rotatable bonds is 4. The number of benzene rings is 1. The number of para-hydroxylation sites is 1. The Morgan fingerprint density at radius 1 is 0.903 bits per heavy atom. The summed E-state index contributed by atoms with van der Waals surface area (Å²) in [5.74, 6) is 1.77. The van der Waals surface area contributed by atoms with Crippen LogP contribution in [0.15, 0.2) is 55.4 Å². The smallest absolute Gasteiger partial charge is 0.227 e. The molecule has 2 aromatic heterocycles. The molecule has 1 atom stereocenters. The van der Waals surface area contributed by atoms with Crippen molar-refractivity contribution in [1.82, 2.24) is 29.6 Å². The molecule has 0 spiro atoms. The van der Waals surface area contributed by atoms with Crippen LogP contribution < -0.4 is 9.80 Å². The highest BCUT2D eigenvalue weighted by atomic mass is 16.2. The summed E-state index contributed by atoms with van der Waals surface area (Å²) >= 11 is 0. The van der Waals surface area contributed by atoms with Gasteiger partial charge in [-0.2, -0.15) is 5.10 Å². The number of piperazine rings is 1. The molecule has 0 N–H and O–H groups in total. The Balaban J connectivity index is 1.22. The van der Waals surface area contributed by atoms with Crippen LogP contribution in [0.4, 0.5) is 11.5 Å². The fourth-order valence-corrected chi connectivity index (χ4v) is 4.43. The Kier molecular flexibility index (Phi) is 5.47. The van der Waals surface area contributed by atoms with Gasteiger partial charge in [-0.05, 0) is 25.0 Å². The van der Waals surface area contributed by atoms with Gasteiger partial charge in [0.15, 0.2) is 5.82 Å². The lowest BCUT2D eigenvalue weighted by molar-refractivity contribution is -0.136. The molecule has 0 radical (unpaired) electrons. The second-order valence-corrected chi connectivity index (χ2v) is 8.01. The van der Waals surface area contributed by atoms with Gasteiger partial charge < -0.3 is 14.7 Å². The lowest BCUT2D eigenvalue weighted by Gasteiger charge is -2.40. The summed E-state index contributed by atoms with van der Waals surface area (Å²) in [6.45, 7) is 4.87. The minimum atomic E-state index is 0.00168. The highest BCUT2D eigenvalue weighted by molar-refractivity contribution is 5.80. The molecule has 31 heavy (non-hydrogen) atoms. The van der Waals surface area contributed by atoms with Gasteiger partial charge in [0.2, 0.25) is 5.91 Å². The Hall–Kier alpha value is -3.49. The van der Waals surface area contributed by atoms with E-state index in [-0.39, 0.29) is 11.8 Å². The number of carbonyl (C=O) groups is 1. The molecular weight excluding hydrogens is 392 g/mol. The molecule has 2 aliphatic heterocycles. The van der Waals surface area contributed by atoms with Gasteiger partial charge in [0.25, 0.3) is 0 Å². The maximum Gasteiger partial charge on any atom is 0.227 e. The fourth-order valence-electron chi connectivity index (χ4n) is 4.43. The molecule has 1 amide bonds. The summed E-state index contributed by atoms with van der Waals surface area (Å²) in [7, 11) is 0. The topological polar surface area (TPSA) is 83.3 Å². The van der Waals surface area contributed by atoms with Crippen LogP contribution in [0.25, 0.3) is 5.82 Å². The molecule has 2 saturated heterocycles. The molecule has 0 bridgehead atoms. The van der Waals surface area contributed by atoms with E-state index in [1.165, 1.54) is 12.0 Å². The molecule has 5 rings (SSSR count). The summed E-state index contributed by atoms with van der Waals surface area (Å²) in [5.41, 5.74) is 1.23. The van der Waals surface area contributed by atoms with Crippen LogP contribution in [0.3, 0.4) is 0 Å². The van der Waals surface area contributed by atoms with Crippen molar-refractivity contribution in [2.45, 2.75) is 12.8 Å². The second kappa shape index (κ2) is 8.71. The highest BCUT2D eigenvalue weighted by Crippen LogP contribution is 2.25. The zero-order valence-corrected chi connectivity index (χ0v) is 17.4. The third-order valence-electron chi connectivity index (χ3n) is 6.10. The van der Waals surface area contributed by atoms with E-state index >= 15 is 0 Å². The predicted molar refractivity (Wildman–Crippen MR) is 117 cm³/mol. The van der Waals surface area contributed by atoms with Crippen molar-refractivity contribution in [3.05, 3.63) is 55.4 Å². The predicted octanol–water partition coefficient (Wildman–Crippen LogP) is 1.62. The Bertz CT molecular complexity index is 1000. The lowest BCUT2D eigenvalue weighted by Crippen LogP contribution is -2.52. The Morgan fingerprint density at radius 3 is 2.48 bits per heavy atom. The number of amides is 1. The number of hydrogen-bond donors (Lipinski definition) is 0. The van der Waals surface area contributed by atoms with Crippen molar-refractivity contribution in [1.29, 1.82) is 0 Å². The normalized spacial score (nSPS) is 19.5. The standard InChI is InChI=1S/C22H26N8O/c31-22(28-11-9-27(10-12-28)19-6-2-1-3-7-19)18-5-4-8-29(14-18)20-13-21(25-16-24-20)30-17-23-15-26-30/h1-3,6-7,13,15-18H,4-5,8-12,14H2. The third kappa shape index (κ3) is 4.21. The first kappa shape index (κ1) is 19.5. The van der Waals surface area contributed by atoms with Crippen LogP contribution in [-0.4, -0.2) is 74.8 Å². The Labute approximate surface area is 181 Å². The zero-order chi connectivity index (χ0) is 21.0. The van der Waals surface area contributed by atoms with E-state index in [0.29, 0.717) is 12.4 Å². The van der Waals surface area contributed by atoms with E-state index in [1.54, 1.807) is 17.3 Å². The zero-order valence-electron chi connectivity index (χ0n) is 17.4. The Morgan fingerprint density at radius 2 is 1.71 bits per heavy atom. The second-order valence-electron chi connectivity index (χ2n) is 8.01. The van der Waals surface area contributed by atoms with E-state index in [1.807, 2.05) is 17.0 Å².